The van der Waals surface area contributed by atoms with Gasteiger partial charge in [0, 0.05) is 6.04 Å². The fourth-order valence-electron chi connectivity index (χ4n) is 2.45. The largest absolute Gasteiger partial charge is 0.494 e. The van der Waals surface area contributed by atoms with Crippen LogP contribution < -0.4 is 10.1 Å². The van der Waals surface area contributed by atoms with E-state index in [0.29, 0.717) is 6.04 Å². The number of hydrogen-bond acceptors (Lipinski definition) is 2. The molecule has 1 saturated heterocycles. The van der Waals surface area contributed by atoms with E-state index in [1.807, 2.05) is 13.0 Å². The standard InChI is InChI=1S/C15H23NO/c1-3-17-15-6-4-5-13(10-15)9-14-8-7-12(2)11-16-14/h4-6,10,12,14,16H,3,7-9,11H2,1-2H3. The van der Waals surface area contributed by atoms with Gasteiger partial charge in [-0.05, 0) is 56.3 Å². The first kappa shape index (κ1) is 12.4. The van der Waals surface area contributed by atoms with Crippen molar-refractivity contribution in [2.24, 2.45) is 5.92 Å². The highest BCUT2D eigenvalue weighted by Gasteiger charge is 2.17. The Morgan fingerprint density at radius 1 is 1.35 bits per heavy atom. The first-order valence-corrected chi connectivity index (χ1v) is 6.73. The van der Waals surface area contributed by atoms with Crippen LogP contribution in [-0.2, 0) is 6.42 Å². The van der Waals surface area contributed by atoms with Gasteiger partial charge in [0.1, 0.15) is 5.75 Å². The average molecular weight is 233 g/mol. The van der Waals surface area contributed by atoms with Crippen LogP contribution in [0.2, 0.25) is 0 Å². The molecule has 17 heavy (non-hydrogen) atoms. The van der Waals surface area contributed by atoms with Crippen molar-refractivity contribution in [3.05, 3.63) is 29.8 Å². The van der Waals surface area contributed by atoms with Crippen LogP contribution in [0.1, 0.15) is 32.3 Å². The molecule has 0 radical (unpaired) electrons. The first-order valence-electron chi connectivity index (χ1n) is 6.73. The zero-order valence-electron chi connectivity index (χ0n) is 10.9. The zero-order valence-corrected chi connectivity index (χ0v) is 10.9. The van der Waals surface area contributed by atoms with E-state index in [9.17, 15) is 0 Å². The molecule has 0 aliphatic carbocycles. The molecule has 0 spiro atoms. The number of nitrogens with one attached hydrogen (secondary N) is 1. The third-order valence-electron chi connectivity index (χ3n) is 3.45. The molecule has 1 N–H and O–H groups in total. The van der Waals surface area contributed by atoms with E-state index in [2.05, 4.69) is 30.4 Å². The van der Waals surface area contributed by atoms with E-state index in [1.54, 1.807) is 0 Å². The van der Waals surface area contributed by atoms with Crippen LogP contribution in [0.25, 0.3) is 0 Å². The lowest BCUT2D eigenvalue weighted by atomic mass is 9.92. The molecule has 0 saturated carbocycles. The Balaban J connectivity index is 1.91. The molecule has 0 bridgehead atoms. The van der Waals surface area contributed by atoms with Gasteiger partial charge in [-0.25, -0.2) is 0 Å². The van der Waals surface area contributed by atoms with Crippen LogP contribution >= 0.6 is 0 Å². The second kappa shape index (κ2) is 6.06. The number of piperidine rings is 1. The Morgan fingerprint density at radius 2 is 2.24 bits per heavy atom. The van der Waals surface area contributed by atoms with Crippen molar-refractivity contribution in [2.45, 2.75) is 39.2 Å². The summed E-state index contributed by atoms with van der Waals surface area (Å²) in [4.78, 5) is 0. The monoisotopic (exact) mass is 233 g/mol. The minimum absolute atomic E-state index is 0.642. The molecule has 2 rings (SSSR count). The fraction of sp³-hybridized carbons (Fsp3) is 0.600. The lowest BCUT2D eigenvalue weighted by Crippen LogP contribution is -2.39. The maximum Gasteiger partial charge on any atom is 0.119 e. The molecular weight excluding hydrogens is 210 g/mol. The molecule has 1 aliphatic rings. The second-order valence-electron chi connectivity index (χ2n) is 5.07. The summed E-state index contributed by atoms with van der Waals surface area (Å²) in [6.45, 7) is 6.24. The predicted molar refractivity (Wildman–Crippen MR) is 71.5 cm³/mol. The predicted octanol–water partition coefficient (Wildman–Crippen LogP) is 3.02. The van der Waals surface area contributed by atoms with Crippen molar-refractivity contribution >= 4 is 0 Å². The number of rotatable bonds is 4. The summed E-state index contributed by atoms with van der Waals surface area (Å²) >= 11 is 0. The van der Waals surface area contributed by atoms with E-state index in [-0.39, 0.29) is 0 Å². The maximum absolute atomic E-state index is 5.53. The van der Waals surface area contributed by atoms with Gasteiger partial charge < -0.3 is 10.1 Å². The minimum Gasteiger partial charge on any atom is -0.494 e. The number of hydrogen-bond donors (Lipinski definition) is 1. The molecule has 1 aromatic carbocycles. The first-order chi connectivity index (χ1) is 8.28. The van der Waals surface area contributed by atoms with Crippen LogP contribution in [0.5, 0.6) is 5.75 Å². The van der Waals surface area contributed by atoms with Gasteiger partial charge in [0.25, 0.3) is 0 Å². The van der Waals surface area contributed by atoms with Gasteiger partial charge in [0.2, 0.25) is 0 Å². The normalized spacial score (nSPS) is 24.6. The molecule has 1 aromatic rings. The topological polar surface area (TPSA) is 21.3 Å². The molecule has 2 nitrogen and oxygen atoms in total. The number of ether oxygens (including phenoxy) is 1. The lowest BCUT2D eigenvalue weighted by molar-refractivity contribution is 0.324. The summed E-state index contributed by atoms with van der Waals surface area (Å²) in [5, 5.41) is 3.63. The zero-order chi connectivity index (χ0) is 12.1. The lowest BCUT2D eigenvalue weighted by Gasteiger charge is -2.27. The summed E-state index contributed by atoms with van der Waals surface area (Å²) in [7, 11) is 0. The van der Waals surface area contributed by atoms with E-state index < -0.39 is 0 Å². The van der Waals surface area contributed by atoms with Gasteiger partial charge in [-0.1, -0.05) is 19.1 Å². The summed E-state index contributed by atoms with van der Waals surface area (Å²) in [6.07, 6.45) is 3.76. The van der Waals surface area contributed by atoms with Crippen LogP contribution in [0, 0.1) is 5.92 Å². The number of benzene rings is 1. The average Bonchev–Trinajstić information content (AvgIpc) is 2.33. The summed E-state index contributed by atoms with van der Waals surface area (Å²) in [6, 6.07) is 9.13. The molecule has 1 heterocycles. The van der Waals surface area contributed by atoms with Gasteiger partial charge in [-0.2, -0.15) is 0 Å². The maximum atomic E-state index is 5.53. The van der Waals surface area contributed by atoms with Crippen molar-refractivity contribution in [3.8, 4) is 5.75 Å². The molecule has 1 aliphatic heterocycles. The van der Waals surface area contributed by atoms with Crippen LogP contribution in [0.4, 0.5) is 0 Å². The Kier molecular flexibility index (Phi) is 4.43. The Labute approximate surface area is 104 Å². The van der Waals surface area contributed by atoms with Crippen molar-refractivity contribution in [1.29, 1.82) is 0 Å². The highest BCUT2D eigenvalue weighted by molar-refractivity contribution is 5.29. The SMILES string of the molecule is CCOc1cccc(CC2CCC(C)CN2)c1. The second-order valence-corrected chi connectivity index (χ2v) is 5.07. The Hall–Kier alpha value is -1.02. The van der Waals surface area contributed by atoms with E-state index in [1.165, 1.54) is 18.4 Å². The third-order valence-corrected chi connectivity index (χ3v) is 3.45. The molecule has 1 fully saturated rings. The van der Waals surface area contributed by atoms with Crippen molar-refractivity contribution in [3.63, 3.8) is 0 Å². The molecule has 2 atom stereocenters. The van der Waals surface area contributed by atoms with Gasteiger partial charge >= 0.3 is 0 Å². The van der Waals surface area contributed by atoms with Crippen LogP contribution in [0.15, 0.2) is 24.3 Å². The molecule has 0 aromatic heterocycles. The summed E-state index contributed by atoms with van der Waals surface area (Å²) in [5.74, 6) is 1.83. The molecule has 94 valence electrons. The van der Waals surface area contributed by atoms with Gasteiger partial charge in [-0.3, -0.25) is 0 Å². The summed E-state index contributed by atoms with van der Waals surface area (Å²) < 4.78 is 5.53. The smallest absolute Gasteiger partial charge is 0.119 e. The Bertz CT molecular complexity index is 343. The minimum atomic E-state index is 0.642. The van der Waals surface area contributed by atoms with Crippen LogP contribution in [0.3, 0.4) is 0 Å². The highest BCUT2D eigenvalue weighted by Crippen LogP contribution is 2.19. The van der Waals surface area contributed by atoms with E-state index in [4.69, 9.17) is 4.74 Å². The molecule has 2 unspecified atom stereocenters. The van der Waals surface area contributed by atoms with Crippen molar-refractivity contribution in [1.82, 2.24) is 5.32 Å². The molecule has 0 amide bonds. The van der Waals surface area contributed by atoms with Gasteiger partial charge in [0.15, 0.2) is 0 Å². The summed E-state index contributed by atoms with van der Waals surface area (Å²) in [5.41, 5.74) is 1.38. The van der Waals surface area contributed by atoms with Gasteiger partial charge in [0.05, 0.1) is 6.61 Å². The molecule has 2 heteroatoms. The van der Waals surface area contributed by atoms with E-state index in [0.717, 1.165) is 31.2 Å². The quantitative estimate of drug-likeness (QED) is 0.863. The van der Waals surface area contributed by atoms with Crippen LogP contribution in [-0.4, -0.2) is 19.2 Å². The molecular formula is C15H23NO. The Morgan fingerprint density at radius 3 is 2.94 bits per heavy atom. The van der Waals surface area contributed by atoms with Crippen molar-refractivity contribution in [2.75, 3.05) is 13.2 Å². The van der Waals surface area contributed by atoms with Gasteiger partial charge in [-0.15, -0.1) is 0 Å². The van der Waals surface area contributed by atoms with Crippen molar-refractivity contribution < 1.29 is 4.74 Å². The third kappa shape index (κ3) is 3.74. The fourth-order valence-corrected chi connectivity index (χ4v) is 2.45. The van der Waals surface area contributed by atoms with E-state index >= 15 is 0 Å². The highest BCUT2D eigenvalue weighted by atomic mass is 16.5.